The van der Waals surface area contributed by atoms with Crippen molar-refractivity contribution in [2.24, 2.45) is 0 Å². The maximum absolute atomic E-state index is 12.5. The van der Waals surface area contributed by atoms with Crippen molar-refractivity contribution in [3.05, 3.63) is 47.8 Å². The monoisotopic (exact) mass is 338 g/mol. The Morgan fingerprint density at radius 3 is 2.50 bits per heavy atom. The van der Waals surface area contributed by atoms with Gasteiger partial charge in [-0.25, -0.2) is 9.97 Å². The molecule has 0 bridgehead atoms. The van der Waals surface area contributed by atoms with Gasteiger partial charge in [-0.3, -0.25) is 4.79 Å². The van der Waals surface area contributed by atoms with E-state index in [1.54, 1.807) is 0 Å². The predicted octanol–water partition coefficient (Wildman–Crippen LogP) is 3.77. The standard InChI is InChI=1S/C16H17F3N4O/c1-2-3-9-20-14(24)13-8-10-21-15(23-13)22-12-6-4-11(5-7-12)16(17,18)19/h4-8,10H,2-3,9H2,1H3,(H,20,24)(H,21,22,23). The van der Waals surface area contributed by atoms with Gasteiger partial charge in [0.05, 0.1) is 5.56 Å². The Kier molecular flexibility index (Phi) is 5.73. The van der Waals surface area contributed by atoms with Gasteiger partial charge in [0, 0.05) is 18.4 Å². The van der Waals surface area contributed by atoms with E-state index >= 15 is 0 Å². The SMILES string of the molecule is CCCCNC(=O)c1ccnc(Nc2ccc(C(F)(F)F)cc2)n1. The summed E-state index contributed by atoms with van der Waals surface area (Å²) in [6, 6.07) is 5.95. The average Bonchev–Trinajstić information content (AvgIpc) is 2.55. The summed E-state index contributed by atoms with van der Waals surface area (Å²) in [5, 5.41) is 5.51. The lowest BCUT2D eigenvalue weighted by atomic mass is 10.2. The van der Waals surface area contributed by atoms with Crippen molar-refractivity contribution in [1.29, 1.82) is 0 Å². The van der Waals surface area contributed by atoms with E-state index in [2.05, 4.69) is 20.6 Å². The zero-order valence-corrected chi connectivity index (χ0v) is 13.0. The van der Waals surface area contributed by atoms with Gasteiger partial charge < -0.3 is 10.6 Å². The second-order valence-corrected chi connectivity index (χ2v) is 5.08. The normalized spacial score (nSPS) is 11.2. The number of halogens is 3. The number of carbonyl (C=O) groups excluding carboxylic acids is 1. The van der Waals surface area contributed by atoms with Gasteiger partial charge in [0.2, 0.25) is 5.95 Å². The summed E-state index contributed by atoms with van der Waals surface area (Å²) in [5.74, 6) is -0.181. The van der Waals surface area contributed by atoms with Crippen LogP contribution < -0.4 is 10.6 Å². The van der Waals surface area contributed by atoms with Crippen LogP contribution in [0.4, 0.5) is 24.8 Å². The number of benzene rings is 1. The Bertz CT molecular complexity index is 686. The molecule has 0 spiro atoms. The van der Waals surface area contributed by atoms with E-state index in [4.69, 9.17) is 0 Å². The second-order valence-electron chi connectivity index (χ2n) is 5.08. The molecule has 1 aromatic carbocycles. The van der Waals surface area contributed by atoms with Gasteiger partial charge in [0.25, 0.3) is 5.91 Å². The molecule has 0 aliphatic rings. The number of amides is 1. The van der Waals surface area contributed by atoms with Crippen LogP contribution >= 0.6 is 0 Å². The fraction of sp³-hybridized carbons (Fsp3) is 0.312. The highest BCUT2D eigenvalue weighted by molar-refractivity contribution is 5.92. The molecule has 0 fully saturated rings. The Labute approximate surface area is 137 Å². The van der Waals surface area contributed by atoms with Crippen LogP contribution in [-0.4, -0.2) is 22.4 Å². The number of nitrogens with one attached hydrogen (secondary N) is 2. The summed E-state index contributed by atoms with van der Waals surface area (Å²) in [4.78, 5) is 19.9. The van der Waals surface area contributed by atoms with Crippen molar-refractivity contribution in [2.75, 3.05) is 11.9 Å². The van der Waals surface area contributed by atoms with E-state index in [0.29, 0.717) is 12.2 Å². The van der Waals surface area contributed by atoms with Gasteiger partial charge in [-0.15, -0.1) is 0 Å². The maximum atomic E-state index is 12.5. The number of nitrogens with zero attached hydrogens (tertiary/aromatic N) is 2. The van der Waals surface area contributed by atoms with Crippen LogP contribution in [0, 0.1) is 0 Å². The molecule has 0 aliphatic heterocycles. The smallest absolute Gasteiger partial charge is 0.351 e. The minimum atomic E-state index is -4.38. The van der Waals surface area contributed by atoms with Crippen molar-refractivity contribution in [3.8, 4) is 0 Å². The molecule has 0 atom stereocenters. The first-order chi connectivity index (χ1) is 11.4. The molecule has 2 aromatic rings. The molecule has 0 saturated carbocycles. The molecule has 8 heteroatoms. The number of aromatic nitrogens is 2. The van der Waals surface area contributed by atoms with Crippen molar-refractivity contribution in [1.82, 2.24) is 15.3 Å². The summed E-state index contributed by atoms with van der Waals surface area (Å²) in [6.07, 6.45) is -1.14. The van der Waals surface area contributed by atoms with Gasteiger partial charge in [0.1, 0.15) is 5.69 Å². The van der Waals surface area contributed by atoms with Crippen LogP contribution in [0.25, 0.3) is 0 Å². The number of hydrogen-bond acceptors (Lipinski definition) is 4. The predicted molar refractivity (Wildman–Crippen MR) is 84.0 cm³/mol. The third kappa shape index (κ3) is 4.94. The highest BCUT2D eigenvalue weighted by Gasteiger charge is 2.29. The third-order valence-corrected chi connectivity index (χ3v) is 3.17. The van der Waals surface area contributed by atoms with Crippen molar-refractivity contribution >= 4 is 17.5 Å². The molecule has 24 heavy (non-hydrogen) atoms. The first-order valence-electron chi connectivity index (χ1n) is 7.45. The van der Waals surface area contributed by atoms with Crippen LogP contribution in [0.15, 0.2) is 36.5 Å². The molecule has 0 unspecified atom stereocenters. The van der Waals surface area contributed by atoms with E-state index in [9.17, 15) is 18.0 Å². The highest BCUT2D eigenvalue weighted by atomic mass is 19.4. The Morgan fingerprint density at radius 2 is 1.88 bits per heavy atom. The van der Waals surface area contributed by atoms with Crippen LogP contribution in [0.1, 0.15) is 35.8 Å². The minimum Gasteiger partial charge on any atom is -0.351 e. The molecule has 0 radical (unpaired) electrons. The van der Waals surface area contributed by atoms with Crippen molar-refractivity contribution in [3.63, 3.8) is 0 Å². The van der Waals surface area contributed by atoms with Crippen molar-refractivity contribution < 1.29 is 18.0 Å². The van der Waals surface area contributed by atoms with Crippen LogP contribution in [0.2, 0.25) is 0 Å². The van der Waals surface area contributed by atoms with Crippen LogP contribution in [-0.2, 0) is 6.18 Å². The largest absolute Gasteiger partial charge is 0.416 e. The van der Waals surface area contributed by atoms with Gasteiger partial charge >= 0.3 is 6.18 Å². The molecular formula is C16H17F3N4O. The topological polar surface area (TPSA) is 66.9 Å². The lowest BCUT2D eigenvalue weighted by Crippen LogP contribution is -2.25. The Hall–Kier alpha value is -2.64. The zero-order chi connectivity index (χ0) is 17.6. The molecule has 2 N–H and O–H groups in total. The molecule has 1 aromatic heterocycles. The van der Waals surface area contributed by atoms with Gasteiger partial charge in [0.15, 0.2) is 0 Å². The summed E-state index contributed by atoms with van der Waals surface area (Å²) < 4.78 is 37.6. The second kappa shape index (κ2) is 7.76. The fourth-order valence-electron chi connectivity index (χ4n) is 1.89. The van der Waals surface area contributed by atoms with Crippen LogP contribution in [0.3, 0.4) is 0 Å². The number of unbranched alkanes of at least 4 members (excludes halogenated alkanes) is 1. The number of rotatable bonds is 6. The zero-order valence-electron chi connectivity index (χ0n) is 13.0. The van der Waals surface area contributed by atoms with E-state index in [-0.39, 0.29) is 17.5 Å². The molecule has 0 saturated heterocycles. The third-order valence-electron chi connectivity index (χ3n) is 3.17. The Balaban J connectivity index is 2.05. The van der Waals surface area contributed by atoms with Crippen LogP contribution in [0.5, 0.6) is 0 Å². The summed E-state index contributed by atoms with van der Waals surface area (Å²) in [6.45, 7) is 2.57. The lowest BCUT2D eigenvalue weighted by molar-refractivity contribution is -0.137. The molecular weight excluding hydrogens is 321 g/mol. The summed E-state index contributed by atoms with van der Waals surface area (Å²) >= 11 is 0. The first kappa shape index (κ1) is 17.7. The lowest BCUT2D eigenvalue weighted by Gasteiger charge is -2.09. The van der Waals surface area contributed by atoms with E-state index in [0.717, 1.165) is 25.0 Å². The molecule has 128 valence electrons. The van der Waals surface area contributed by atoms with E-state index in [1.165, 1.54) is 24.4 Å². The summed E-state index contributed by atoms with van der Waals surface area (Å²) in [5.41, 5.74) is -0.153. The van der Waals surface area contributed by atoms with E-state index in [1.807, 2.05) is 6.92 Å². The number of anilines is 2. The van der Waals surface area contributed by atoms with Gasteiger partial charge in [-0.05, 0) is 36.8 Å². The highest BCUT2D eigenvalue weighted by Crippen LogP contribution is 2.30. The first-order valence-corrected chi connectivity index (χ1v) is 7.45. The minimum absolute atomic E-state index is 0.137. The maximum Gasteiger partial charge on any atom is 0.416 e. The molecule has 1 heterocycles. The number of hydrogen-bond donors (Lipinski definition) is 2. The van der Waals surface area contributed by atoms with E-state index < -0.39 is 11.7 Å². The average molecular weight is 338 g/mol. The van der Waals surface area contributed by atoms with Crippen molar-refractivity contribution in [2.45, 2.75) is 25.9 Å². The molecule has 5 nitrogen and oxygen atoms in total. The molecule has 0 aliphatic carbocycles. The van der Waals surface area contributed by atoms with Gasteiger partial charge in [-0.2, -0.15) is 13.2 Å². The Morgan fingerprint density at radius 1 is 1.17 bits per heavy atom. The fourth-order valence-corrected chi connectivity index (χ4v) is 1.89. The number of alkyl halides is 3. The summed E-state index contributed by atoms with van der Waals surface area (Å²) in [7, 11) is 0. The quantitative estimate of drug-likeness (QED) is 0.787. The number of carbonyl (C=O) groups is 1. The van der Waals surface area contributed by atoms with Gasteiger partial charge in [-0.1, -0.05) is 13.3 Å². The molecule has 1 amide bonds. The molecule has 2 rings (SSSR count).